The second-order valence-electron chi connectivity index (χ2n) is 15.8. The molecule has 2 heterocycles. The van der Waals surface area contributed by atoms with E-state index in [9.17, 15) is 33.9 Å². The molecule has 4 aliphatic rings. The van der Waals surface area contributed by atoms with Crippen molar-refractivity contribution >= 4 is 35.8 Å². The average molecular weight is 809 g/mol. The molecule has 7 rings (SSSR count). The van der Waals surface area contributed by atoms with Gasteiger partial charge in [0.1, 0.15) is 17.7 Å². The Kier molecular flexibility index (Phi) is 14.6. The number of esters is 1. The number of carbonyl (C=O) groups is 6. The lowest BCUT2D eigenvalue weighted by Crippen LogP contribution is -2.61. The van der Waals surface area contributed by atoms with E-state index in [4.69, 9.17) is 4.74 Å². The zero-order valence-corrected chi connectivity index (χ0v) is 33.7. The van der Waals surface area contributed by atoms with E-state index in [2.05, 4.69) is 10.6 Å². The first-order chi connectivity index (χ1) is 28.6. The zero-order chi connectivity index (χ0) is 41.7. The van der Waals surface area contributed by atoms with Crippen molar-refractivity contribution in [3.05, 3.63) is 108 Å². The quantitative estimate of drug-likeness (QED) is 0.249. The lowest BCUT2D eigenvalue weighted by molar-refractivity contribution is -0.154. The SMILES string of the molecule is O=C(NC1(C(=O)O)CCCCC1)N1CCN(C(=O)c2ccccc2)CC1.O=C(NC1(C(=O)OCc2ccccc2)CCCCC1)N1CCN(C(=O)c2ccccc2)CC1. The van der Waals surface area contributed by atoms with Crippen molar-refractivity contribution in [1.29, 1.82) is 0 Å². The van der Waals surface area contributed by atoms with Crippen LogP contribution in [-0.2, 0) is 20.9 Å². The highest BCUT2D eigenvalue weighted by molar-refractivity contribution is 5.95. The molecule has 6 amide bonds. The molecule has 0 aromatic heterocycles. The molecule has 2 saturated heterocycles. The van der Waals surface area contributed by atoms with Crippen LogP contribution in [0.4, 0.5) is 9.59 Å². The lowest BCUT2D eigenvalue weighted by atomic mass is 9.81. The summed E-state index contributed by atoms with van der Waals surface area (Å²) in [5.41, 5.74) is 0.0745. The molecule has 0 radical (unpaired) electrons. The van der Waals surface area contributed by atoms with Crippen LogP contribution in [0.2, 0.25) is 0 Å². The molecule has 0 atom stereocenters. The number of rotatable bonds is 8. The Balaban J connectivity index is 0.000000204. The van der Waals surface area contributed by atoms with Crippen molar-refractivity contribution in [3.63, 3.8) is 0 Å². The van der Waals surface area contributed by atoms with Crippen LogP contribution in [0.1, 0.15) is 90.5 Å². The molecule has 0 spiro atoms. The number of carboxylic acids is 1. The van der Waals surface area contributed by atoms with Crippen LogP contribution in [0.15, 0.2) is 91.0 Å². The maximum Gasteiger partial charge on any atom is 0.332 e. The van der Waals surface area contributed by atoms with Crippen molar-refractivity contribution in [3.8, 4) is 0 Å². The summed E-state index contributed by atoms with van der Waals surface area (Å²) >= 11 is 0. The molecule has 14 nitrogen and oxygen atoms in total. The van der Waals surface area contributed by atoms with Gasteiger partial charge in [0.15, 0.2) is 0 Å². The van der Waals surface area contributed by atoms with Crippen LogP contribution in [0.25, 0.3) is 0 Å². The van der Waals surface area contributed by atoms with E-state index in [1.165, 1.54) is 0 Å². The van der Waals surface area contributed by atoms with Gasteiger partial charge in [-0.3, -0.25) is 9.59 Å². The third-order valence-corrected chi connectivity index (χ3v) is 11.9. The minimum absolute atomic E-state index is 0.0242. The first-order valence-corrected chi connectivity index (χ1v) is 20.9. The number of carbonyl (C=O) groups excluding carboxylic acids is 5. The van der Waals surface area contributed by atoms with E-state index < -0.39 is 17.0 Å². The molecule has 2 aliphatic carbocycles. The van der Waals surface area contributed by atoms with Crippen molar-refractivity contribution in [2.75, 3.05) is 52.4 Å². The molecule has 3 N–H and O–H groups in total. The molecule has 14 heteroatoms. The summed E-state index contributed by atoms with van der Waals surface area (Å²) < 4.78 is 5.63. The number of urea groups is 2. The fourth-order valence-electron chi connectivity index (χ4n) is 8.26. The van der Waals surface area contributed by atoms with Crippen LogP contribution in [-0.4, -0.2) is 124 Å². The molecule has 3 aromatic carbocycles. The van der Waals surface area contributed by atoms with E-state index in [1.807, 2.05) is 66.7 Å². The summed E-state index contributed by atoms with van der Waals surface area (Å²) in [6.07, 6.45) is 7.53. The van der Waals surface area contributed by atoms with Gasteiger partial charge in [0.25, 0.3) is 11.8 Å². The number of piperazine rings is 2. The van der Waals surface area contributed by atoms with Crippen LogP contribution >= 0.6 is 0 Å². The molecule has 2 saturated carbocycles. The van der Waals surface area contributed by atoms with Gasteiger partial charge in [0.05, 0.1) is 0 Å². The Morgan fingerprint density at radius 3 is 1.25 bits per heavy atom. The van der Waals surface area contributed by atoms with Crippen molar-refractivity contribution in [1.82, 2.24) is 30.2 Å². The average Bonchev–Trinajstić information content (AvgIpc) is 3.29. The second-order valence-corrected chi connectivity index (χ2v) is 15.8. The minimum Gasteiger partial charge on any atom is -0.480 e. The summed E-state index contributed by atoms with van der Waals surface area (Å²) in [5, 5.41) is 15.4. The van der Waals surface area contributed by atoms with Gasteiger partial charge in [0, 0.05) is 63.5 Å². The molecule has 4 fully saturated rings. The maximum absolute atomic E-state index is 13.1. The molecule has 3 aromatic rings. The monoisotopic (exact) mass is 808 g/mol. The summed E-state index contributed by atoms with van der Waals surface area (Å²) in [6.45, 7) is 3.68. The van der Waals surface area contributed by atoms with Crippen molar-refractivity contribution in [2.45, 2.75) is 81.9 Å². The zero-order valence-electron chi connectivity index (χ0n) is 33.7. The fourth-order valence-corrected chi connectivity index (χ4v) is 8.26. The van der Waals surface area contributed by atoms with Crippen LogP contribution < -0.4 is 10.6 Å². The van der Waals surface area contributed by atoms with Gasteiger partial charge in [-0.25, -0.2) is 19.2 Å². The predicted octanol–water partition coefficient (Wildman–Crippen LogP) is 5.54. The third-order valence-electron chi connectivity index (χ3n) is 11.9. The van der Waals surface area contributed by atoms with Gasteiger partial charge in [-0.1, -0.05) is 105 Å². The van der Waals surface area contributed by atoms with Gasteiger partial charge < -0.3 is 40.1 Å². The molecule has 314 valence electrons. The molecular weight excluding hydrogens is 753 g/mol. The molecule has 0 unspecified atom stereocenters. The standard InChI is InChI=1S/C26H31N3O4.C19H25N3O4/c30-23(22-12-6-2-7-13-22)28-16-18-29(19-17-28)25(32)27-26(14-8-3-9-15-26)24(31)33-20-21-10-4-1-5-11-21;23-16(15-7-3-1-4-8-15)21-11-13-22(14-12-21)18(26)20-19(17(24)25)9-5-2-6-10-19/h1-2,4-7,10-13H,3,8-9,14-20H2,(H,27,32);1,3-4,7-8H,2,5-6,9-14H2,(H,20,26)(H,24,25). The third kappa shape index (κ3) is 11.0. The summed E-state index contributed by atoms with van der Waals surface area (Å²) in [6, 6.07) is 27.2. The second kappa shape index (κ2) is 20.2. The van der Waals surface area contributed by atoms with Crippen LogP contribution in [0.5, 0.6) is 0 Å². The number of amides is 6. The lowest BCUT2D eigenvalue weighted by Gasteiger charge is -2.40. The Bertz CT molecular complexity index is 1880. The maximum atomic E-state index is 13.1. The van der Waals surface area contributed by atoms with Gasteiger partial charge in [-0.2, -0.15) is 0 Å². The van der Waals surface area contributed by atoms with E-state index >= 15 is 0 Å². The number of aliphatic carboxylic acids is 1. The van der Waals surface area contributed by atoms with Gasteiger partial charge in [-0.15, -0.1) is 0 Å². The molecule has 0 bridgehead atoms. The topological polar surface area (TPSA) is 169 Å². The van der Waals surface area contributed by atoms with E-state index in [0.717, 1.165) is 44.1 Å². The number of carboxylic acid groups (broad SMARTS) is 1. The van der Waals surface area contributed by atoms with Crippen molar-refractivity contribution < 1.29 is 38.6 Å². The predicted molar refractivity (Wildman–Crippen MR) is 220 cm³/mol. The first-order valence-electron chi connectivity index (χ1n) is 20.9. The Morgan fingerprint density at radius 2 is 0.847 bits per heavy atom. The summed E-state index contributed by atoms with van der Waals surface area (Å²) in [7, 11) is 0. The van der Waals surface area contributed by atoms with E-state index in [0.29, 0.717) is 89.2 Å². The Morgan fingerprint density at radius 1 is 0.492 bits per heavy atom. The Labute approximate surface area is 345 Å². The van der Waals surface area contributed by atoms with Gasteiger partial charge in [-0.05, 0) is 55.5 Å². The number of hydrogen-bond donors (Lipinski definition) is 3. The largest absolute Gasteiger partial charge is 0.480 e. The molecule has 59 heavy (non-hydrogen) atoms. The van der Waals surface area contributed by atoms with Gasteiger partial charge in [0.2, 0.25) is 0 Å². The fraction of sp³-hybridized carbons (Fsp3) is 0.467. The Hall–Kier alpha value is -5.92. The number of benzene rings is 3. The highest BCUT2D eigenvalue weighted by Crippen LogP contribution is 2.31. The number of ether oxygens (including phenoxy) is 1. The first kappa shape index (κ1) is 42.7. The van der Waals surface area contributed by atoms with Crippen LogP contribution in [0, 0.1) is 0 Å². The highest BCUT2D eigenvalue weighted by Gasteiger charge is 2.44. The number of nitrogens with zero attached hydrogens (tertiary/aromatic N) is 4. The minimum atomic E-state index is -1.15. The van der Waals surface area contributed by atoms with E-state index in [-0.39, 0.29) is 36.5 Å². The number of hydrogen-bond acceptors (Lipinski definition) is 7. The summed E-state index contributed by atoms with van der Waals surface area (Å²) in [5.74, 6) is -1.38. The molecule has 2 aliphatic heterocycles. The van der Waals surface area contributed by atoms with Gasteiger partial charge >= 0.3 is 24.0 Å². The highest BCUT2D eigenvalue weighted by atomic mass is 16.5. The van der Waals surface area contributed by atoms with Crippen LogP contribution in [0.3, 0.4) is 0 Å². The normalized spacial score (nSPS) is 18.6. The molecular formula is C45H56N6O8. The van der Waals surface area contributed by atoms with E-state index in [1.54, 1.807) is 43.9 Å². The number of nitrogens with one attached hydrogen (secondary N) is 2. The summed E-state index contributed by atoms with van der Waals surface area (Å²) in [4.78, 5) is 82.4. The smallest absolute Gasteiger partial charge is 0.332 e. The van der Waals surface area contributed by atoms with Crippen molar-refractivity contribution in [2.24, 2.45) is 0 Å².